The molecule has 0 atom stereocenters. The van der Waals surface area contributed by atoms with E-state index in [1.165, 1.54) is 46.6 Å². The van der Waals surface area contributed by atoms with Gasteiger partial charge < -0.3 is 24.3 Å². The van der Waals surface area contributed by atoms with Crippen LogP contribution in [0.25, 0.3) is 0 Å². The molecule has 1 aliphatic rings. The van der Waals surface area contributed by atoms with Gasteiger partial charge in [0.15, 0.2) is 11.5 Å². The number of carbonyl (C=O) groups is 1. The van der Waals surface area contributed by atoms with Crippen molar-refractivity contribution < 1.29 is 32.2 Å². The number of amides is 1. The van der Waals surface area contributed by atoms with Crippen molar-refractivity contribution in [2.24, 2.45) is 0 Å². The summed E-state index contributed by atoms with van der Waals surface area (Å²) in [5, 5.41) is 2.78. The lowest BCUT2D eigenvalue weighted by Crippen LogP contribution is -2.27. The average Bonchev–Trinajstić information content (AvgIpc) is 3.59. The molecule has 0 bridgehead atoms. The van der Waals surface area contributed by atoms with Gasteiger partial charge in [-0.1, -0.05) is 0 Å². The molecule has 0 saturated heterocycles. The lowest BCUT2D eigenvalue weighted by Gasteiger charge is -2.15. The van der Waals surface area contributed by atoms with Gasteiger partial charge >= 0.3 is 0 Å². The van der Waals surface area contributed by atoms with Crippen molar-refractivity contribution in [1.29, 1.82) is 0 Å². The summed E-state index contributed by atoms with van der Waals surface area (Å²) in [7, 11) is 2.14. The van der Waals surface area contributed by atoms with Gasteiger partial charge in [0.2, 0.25) is 10.0 Å². The molecule has 1 amide bonds. The average molecular weight is 451 g/mol. The Bertz CT molecular complexity index is 1070. The summed E-state index contributed by atoms with van der Waals surface area (Å²) in [5.41, 5.74) is 0.863. The third kappa shape index (κ3) is 5.20. The van der Waals surface area contributed by atoms with Crippen molar-refractivity contribution in [2.75, 3.05) is 28.4 Å². The number of carbonyl (C=O) groups excluding carboxylic acids is 1. The summed E-state index contributed by atoms with van der Waals surface area (Å²) in [6, 6.07) is 7.60. The predicted octanol–water partition coefficient (Wildman–Crippen LogP) is 2.09. The van der Waals surface area contributed by atoms with Gasteiger partial charge in [-0.25, -0.2) is 13.1 Å². The standard InChI is InChI=1S/C21H26N2O7S/c1-27-16-8-5-13(10-20(16)31(25,26)23-15-6-7-15)21(24)22-12-14-9-18(29-3)19(30-4)11-17(14)28-2/h5,8-11,15,23H,6-7,12H2,1-4H3,(H,22,24). The number of hydrogen-bond donors (Lipinski definition) is 2. The minimum atomic E-state index is -3.80. The minimum absolute atomic E-state index is 0.0651. The van der Waals surface area contributed by atoms with Crippen LogP contribution in [0.4, 0.5) is 0 Å². The van der Waals surface area contributed by atoms with Gasteiger partial charge in [-0.2, -0.15) is 0 Å². The highest BCUT2D eigenvalue weighted by atomic mass is 32.2. The molecule has 0 radical (unpaired) electrons. The number of nitrogens with one attached hydrogen (secondary N) is 2. The fraction of sp³-hybridized carbons (Fsp3) is 0.381. The molecule has 1 fully saturated rings. The highest BCUT2D eigenvalue weighted by molar-refractivity contribution is 7.89. The van der Waals surface area contributed by atoms with E-state index in [2.05, 4.69) is 10.0 Å². The Labute approximate surface area is 181 Å². The zero-order valence-corrected chi connectivity index (χ0v) is 18.7. The zero-order chi connectivity index (χ0) is 22.6. The lowest BCUT2D eigenvalue weighted by atomic mass is 10.1. The van der Waals surface area contributed by atoms with E-state index in [-0.39, 0.29) is 28.8 Å². The molecule has 2 aromatic rings. The maximum Gasteiger partial charge on any atom is 0.251 e. The van der Waals surface area contributed by atoms with E-state index >= 15 is 0 Å². The van der Waals surface area contributed by atoms with Crippen LogP contribution in [0.15, 0.2) is 35.2 Å². The molecular formula is C21H26N2O7S. The number of sulfonamides is 1. The lowest BCUT2D eigenvalue weighted by molar-refractivity contribution is 0.0950. The molecule has 0 aromatic heterocycles. The topological polar surface area (TPSA) is 112 Å². The Morgan fingerprint density at radius 2 is 1.52 bits per heavy atom. The Balaban J connectivity index is 1.82. The normalized spacial score (nSPS) is 13.4. The van der Waals surface area contributed by atoms with Crippen molar-refractivity contribution >= 4 is 15.9 Å². The van der Waals surface area contributed by atoms with Crippen LogP contribution in [-0.2, 0) is 16.6 Å². The van der Waals surface area contributed by atoms with E-state index in [4.69, 9.17) is 18.9 Å². The highest BCUT2D eigenvalue weighted by Gasteiger charge is 2.30. The number of hydrogen-bond acceptors (Lipinski definition) is 7. The van der Waals surface area contributed by atoms with Gasteiger partial charge in [-0.05, 0) is 37.1 Å². The molecule has 10 heteroatoms. The Hall–Kier alpha value is -2.98. The molecule has 168 valence electrons. The third-order valence-electron chi connectivity index (χ3n) is 4.84. The fourth-order valence-corrected chi connectivity index (χ4v) is 4.52. The largest absolute Gasteiger partial charge is 0.496 e. The Kier molecular flexibility index (Phi) is 6.91. The minimum Gasteiger partial charge on any atom is -0.496 e. The van der Waals surface area contributed by atoms with Gasteiger partial charge in [0, 0.05) is 29.8 Å². The van der Waals surface area contributed by atoms with Crippen LogP contribution in [0, 0.1) is 0 Å². The van der Waals surface area contributed by atoms with E-state index < -0.39 is 15.9 Å². The summed E-state index contributed by atoms with van der Waals surface area (Å²) in [4.78, 5) is 12.7. The molecule has 1 saturated carbocycles. The van der Waals surface area contributed by atoms with Crippen LogP contribution in [-0.4, -0.2) is 48.8 Å². The molecule has 0 unspecified atom stereocenters. The van der Waals surface area contributed by atoms with Gasteiger partial charge in [-0.15, -0.1) is 0 Å². The monoisotopic (exact) mass is 450 g/mol. The SMILES string of the molecule is COc1cc(OC)c(OC)cc1CNC(=O)c1ccc(OC)c(S(=O)(=O)NC2CC2)c1. The summed E-state index contributed by atoms with van der Waals surface area (Å²) in [6.45, 7) is 0.136. The van der Waals surface area contributed by atoms with E-state index in [1.807, 2.05) is 0 Å². The van der Waals surface area contributed by atoms with Crippen LogP contribution in [0.3, 0.4) is 0 Å². The second-order valence-corrected chi connectivity index (χ2v) is 8.65. The molecule has 1 aliphatic carbocycles. The Morgan fingerprint density at radius 3 is 2.10 bits per heavy atom. The van der Waals surface area contributed by atoms with Crippen molar-refractivity contribution in [3.8, 4) is 23.0 Å². The molecule has 9 nitrogen and oxygen atoms in total. The van der Waals surface area contributed by atoms with E-state index in [9.17, 15) is 13.2 Å². The Morgan fingerprint density at radius 1 is 0.903 bits per heavy atom. The van der Waals surface area contributed by atoms with Crippen LogP contribution in [0.1, 0.15) is 28.8 Å². The van der Waals surface area contributed by atoms with Crippen molar-refractivity contribution in [3.63, 3.8) is 0 Å². The van der Waals surface area contributed by atoms with Crippen LogP contribution in [0.2, 0.25) is 0 Å². The molecule has 2 N–H and O–H groups in total. The number of methoxy groups -OCH3 is 4. The summed E-state index contributed by atoms with van der Waals surface area (Å²) >= 11 is 0. The third-order valence-corrected chi connectivity index (χ3v) is 6.38. The summed E-state index contributed by atoms with van der Waals surface area (Å²) < 4.78 is 49.0. The van der Waals surface area contributed by atoms with E-state index in [0.717, 1.165) is 12.8 Å². The summed E-state index contributed by atoms with van der Waals surface area (Å²) in [5.74, 6) is 1.25. The first-order valence-electron chi connectivity index (χ1n) is 9.60. The number of rotatable bonds is 10. The molecule has 0 heterocycles. The highest BCUT2D eigenvalue weighted by Crippen LogP contribution is 2.34. The fourth-order valence-electron chi connectivity index (χ4n) is 3.02. The number of ether oxygens (including phenoxy) is 4. The maximum absolute atomic E-state index is 12.7. The quantitative estimate of drug-likeness (QED) is 0.570. The molecule has 31 heavy (non-hydrogen) atoms. The van der Waals surface area contributed by atoms with Gasteiger partial charge in [-0.3, -0.25) is 4.79 Å². The van der Waals surface area contributed by atoms with Gasteiger partial charge in [0.25, 0.3) is 5.91 Å². The molecule has 0 spiro atoms. The predicted molar refractivity (Wildman–Crippen MR) is 114 cm³/mol. The van der Waals surface area contributed by atoms with Gasteiger partial charge in [0.05, 0.1) is 28.4 Å². The first-order chi connectivity index (χ1) is 14.8. The second kappa shape index (κ2) is 9.44. The van der Waals surface area contributed by atoms with E-state index in [0.29, 0.717) is 22.8 Å². The van der Waals surface area contributed by atoms with Crippen LogP contribution < -0.4 is 29.0 Å². The van der Waals surface area contributed by atoms with Crippen LogP contribution in [0.5, 0.6) is 23.0 Å². The number of benzene rings is 2. The molecule has 3 rings (SSSR count). The molecule has 0 aliphatic heterocycles. The summed E-state index contributed by atoms with van der Waals surface area (Å²) in [6.07, 6.45) is 1.60. The maximum atomic E-state index is 12.7. The van der Waals surface area contributed by atoms with Crippen molar-refractivity contribution in [2.45, 2.75) is 30.3 Å². The molecule has 2 aromatic carbocycles. The molecular weight excluding hydrogens is 424 g/mol. The second-order valence-electron chi connectivity index (χ2n) is 6.96. The van der Waals surface area contributed by atoms with Crippen LogP contribution >= 0.6 is 0 Å². The first kappa shape index (κ1) is 22.7. The smallest absolute Gasteiger partial charge is 0.251 e. The zero-order valence-electron chi connectivity index (χ0n) is 17.9. The first-order valence-corrected chi connectivity index (χ1v) is 11.1. The van der Waals surface area contributed by atoms with E-state index in [1.54, 1.807) is 12.1 Å². The van der Waals surface area contributed by atoms with Crippen molar-refractivity contribution in [1.82, 2.24) is 10.0 Å². The van der Waals surface area contributed by atoms with Crippen molar-refractivity contribution in [3.05, 3.63) is 41.5 Å². The van der Waals surface area contributed by atoms with Gasteiger partial charge in [0.1, 0.15) is 16.4 Å².